The predicted octanol–water partition coefficient (Wildman–Crippen LogP) is 2.45. The maximum atomic E-state index is 12.7. The molecule has 1 aromatic rings. The normalized spacial score (nSPS) is 21.1. The van der Waals surface area contributed by atoms with Crippen molar-refractivity contribution in [2.24, 2.45) is 5.92 Å². The Labute approximate surface area is 134 Å². The van der Waals surface area contributed by atoms with Crippen molar-refractivity contribution in [2.45, 2.75) is 19.9 Å². The lowest BCUT2D eigenvalue weighted by Gasteiger charge is -2.25. The van der Waals surface area contributed by atoms with Gasteiger partial charge >= 0.3 is 6.03 Å². The Balaban J connectivity index is 1.94. The summed E-state index contributed by atoms with van der Waals surface area (Å²) in [6.07, 6.45) is 0. The zero-order valence-electron chi connectivity index (χ0n) is 12.5. The molecule has 0 saturated heterocycles. The van der Waals surface area contributed by atoms with E-state index in [1.807, 2.05) is 12.1 Å². The molecule has 1 aromatic carbocycles. The van der Waals surface area contributed by atoms with Crippen molar-refractivity contribution in [3.63, 3.8) is 0 Å². The number of hydrogen-bond acceptors (Lipinski definition) is 2. The van der Waals surface area contributed by atoms with Gasteiger partial charge in [-0.25, -0.2) is 4.79 Å². The predicted molar refractivity (Wildman–Crippen MR) is 84.3 cm³/mol. The summed E-state index contributed by atoms with van der Waals surface area (Å²) in [6, 6.07) is 6.49. The third kappa shape index (κ3) is 2.68. The first-order valence-corrected chi connectivity index (χ1v) is 7.69. The van der Waals surface area contributed by atoms with Crippen LogP contribution in [-0.2, 0) is 4.79 Å². The van der Waals surface area contributed by atoms with Crippen molar-refractivity contribution in [3.05, 3.63) is 46.1 Å². The lowest BCUT2D eigenvalue weighted by molar-refractivity contribution is -0.126. The summed E-state index contributed by atoms with van der Waals surface area (Å²) < 4.78 is 0. The summed E-state index contributed by atoms with van der Waals surface area (Å²) in [5.74, 6) is 0.360. The van der Waals surface area contributed by atoms with Crippen molar-refractivity contribution in [1.29, 1.82) is 0 Å². The molecule has 2 aliphatic rings. The van der Waals surface area contributed by atoms with Gasteiger partial charge in [-0.2, -0.15) is 0 Å². The van der Waals surface area contributed by atoms with Gasteiger partial charge in [-0.1, -0.05) is 37.6 Å². The number of hydrogen-bond donors (Lipinski definition) is 2. The molecule has 2 heterocycles. The third-order valence-corrected chi connectivity index (χ3v) is 4.06. The number of carbonyl (C=O) groups is 2. The van der Waals surface area contributed by atoms with Gasteiger partial charge in [0.15, 0.2) is 0 Å². The third-order valence-electron chi connectivity index (χ3n) is 3.81. The highest BCUT2D eigenvalue weighted by Gasteiger charge is 2.40. The van der Waals surface area contributed by atoms with Gasteiger partial charge in [0.1, 0.15) is 0 Å². The Kier molecular flexibility index (Phi) is 3.83. The minimum absolute atomic E-state index is 0.0175. The smallest absolute Gasteiger partial charge is 0.319 e. The number of rotatable bonds is 3. The zero-order valence-corrected chi connectivity index (χ0v) is 13.3. The van der Waals surface area contributed by atoms with E-state index in [0.717, 1.165) is 5.56 Å². The fourth-order valence-electron chi connectivity index (χ4n) is 2.92. The molecule has 0 fully saturated rings. The average Bonchev–Trinajstić information content (AvgIpc) is 2.74. The molecule has 6 heteroatoms. The maximum Gasteiger partial charge on any atom is 0.319 e. The molecule has 0 saturated carbocycles. The van der Waals surface area contributed by atoms with E-state index >= 15 is 0 Å². The molecule has 1 atom stereocenters. The molecule has 116 valence electrons. The number of nitrogens with zero attached hydrogens (tertiary/aromatic N) is 1. The van der Waals surface area contributed by atoms with Gasteiger partial charge in [0.05, 0.1) is 23.9 Å². The molecule has 3 rings (SSSR count). The summed E-state index contributed by atoms with van der Waals surface area (Å²) in [5, 5.41) is 6.22. The van der Waals surface area contributed by atoms with Crippen molar-refractivity contribution in [2.75, 3.05) is 13.1 Å². The standard InChI is InChI=1S/C16H18ClN3O2/c1-9(2)7-20-8-12-13(15(20)21)14(19-16(22)18-12)10-3-5-11(17)6-4-10/h3-6,9,14H,7-8H2,1-2H3,(H2,18,19,22). The van der Waals surface area contributed by atoms with Crippen LogP contribution in [0, 0.1) is 5.92 Å². The number of urea groups is 1. The Bertz CT molecular complexity index is 652. The van der Waals surface area contributed by atoms with Crippen LogP contribution in [0.2, 0.25) is 5.02 Å². The summed E-state index contributed by atoms with van der Waals surface area (Å²) in [6.45, 7) is 5.27. The Hall–Kier alpha value is -2.01. The van der Waals surface area contributed by atoms with Gasteiger partial charge in [0.25, 0.3) is 5.91 Å². The first-order valence-electron chi connectivity index (χ1n) is 7.31. The SMILES string of the molecule is CC(C)CN1CC2=C(C1=O)C(c1ccc(Cl)cc1)NC(=O)N2. The van der Waals surface area contributed by atoms with Gasteiger partial charge in [0.2, 0.25) is 0 Å². The second-order valence-electron chi connectivity index (χ2n) is 6.05. The van der Waals surface area contributed by atoms with Gasteiger partial charge in [-0.3, -0.25) is 4.79 Å². The highest BCUT2D eigenvalue weighted by molar-refractivity contribution is 6.30. The number of amides is 3. The Morgan fingerprint density at radius 2 is 1.95 bits per heavy atom. The second kappa shape index (κ2) is 5.65. The first kappa shape index (κ1) is 14.9. The van der Waals surface area contributed by atoms with E-state index in [1.165, 1.54) is 0 Å². The molecular weight excluding hydrogens is 302 g/mol. The average molecular weight is 320 g/mol. The minimum atomic E-state index is -0.425. The lowest BCUT2D eigenvalue weighted by Crippen LogP contribution is -2.44. The van der Waals surface area contributed by atoms with Gasteiger partial charge < -0.3 is 15.5 Å². The lowest BCUT2D eigenvalue weighted by atomic mass is 9.96. The maximum absolute atomic E-state index is 12.7. The van der Waals surface area contributed by atoms with Gasteiger partial charge in [-0.05, 0) is 23.6 Å². The summed E-state index contributed by atoms with van der Waals surface area (Å²) in [4.78, 5) is 26.3. The van der Waals surface area contributed by atoms with Crippen LogP contribution in [0.1, 0.15) is 25.5 Å². The molecular formula is C16H18ClN3O2. The van der Waals surface area contributed by atoms with Crippen LogP contribution in [0.15, 0.2) is 35.5 Å². The zero-order chi connectivity index (χ0) is 15.9. The molecule has 0 bridgehead atoms. The van der Waals surface area contributed by atoms with Crippen LogP contribution in [0.4, 0.5) is 4.79 Å². The topological polar surface area (TPSA) is 61.4 Å². The number of carbonyl (C=O) groups excluding carboxylic acids is 2. The Morgan fingerprint density at radius 1 is 1.27 bits per heavy atom. The van der Waals surface area contributed by atoms with E-state index in [2.05, 4.69) is 24.5 Å². The fraction of sp³-hybridized carbons (Fsp3) is 0.375. The van der Waals surface area contributed by atoms with Crippen molar-refractivity contribution < 1.29 is 9.59 Å². The highest BCUT2D eigenvalue weighted by atomic mass is 35.5. The van der Waals surface area contributed by atoms with Crippen LogP contribution in [-0.4, -0.2) is 29.9 Å². The largest absolute Gasteiger partial charge is 0.333 e. The minimum Gasteiger partial charge on any atom is -0.333 e. The molecule has 22 heavy (non-hydrogen) atoms. The van der Waals surface area contributed by atoms with Crippen molar-refractivity contribution in [3.8, 4) is 0 Å². The van der Waals surface area contributed by atoms with Gasteiger partial charge in [0, 0.05) is 11.6 Å². The molecule has 2 N–H and O–H groups in total. The molecule has 2 aliphatic heterocycles. The van der Waals surface area contributed by atoms with Crippen molar-refractivity contribution in [1.82, 2.24) is 15.5 Å². The quantitative estimate of drug-likeness (QED) is 0.899. The monoisotopic (exact) mass is 319 g/mol. The fourth-order valence-corrected chi connectivity index (χ4v) is 3.05. The van der Waals surface area contributed by atoms with E-state index in [9.17, 15) is 9.59 Å². The molecule has 0 spiro atoms. The Morgan fingerprint density at radius 3 is 2.59 bits per heavy atom. The molecule has 0 radical (unpaired) electrons. The molecule has 5 nitrogen and oxygen atoms in total. The summed E-state index contributed by atoms with van der Waals surface area (Å²) >= 11 is 5.91. The van der Waals surface area contributed by atoms with Gasteiger partial charge in [-0.15, -0.1) is 0 Å². The van der Waals surface area contributed by atoms with E-state index in [1.54, 1.807) is 17.0 Å². The highest BCUT2D eigenvalue weighted by Crippen LogP contribution is 2.33. The number of halogens is 1. The number of benzene rings is 1. The van der Waals surface area contributed by atoms with Crippen LogP contribution >= 0.6 is 11.6 Å². The molecule has 1 unspecified atom stereocenters. The van der Waals surface area contributed by atoms with Crippen LogP contribution in [0.3, 0.4) is 0 Å². The van der Waals surface area contributed by atoms with Crippen LogP contribution in [0.5, 0.6) is 0 Å². The summed E-state index contributed by atoms with van der Waals surface area (Å²) in [7, 11) is 0. The van der Waals surface area contributed by atoms with Crippen LogP contribution in [0.25, 0.3) is 0 Å². The van der Waals surface area contributed by atoms with E-state index in [0.29, 0.717) is 35.3 Å². The second-order valence-corrected chi connectivity index (χ2v) is 6.49. The van der Waals surface area contributed by atoms with Crippen molar-refractivity contribution >= 4 is 23.5 Å². The van der Waals surface area contributed by atoms with E-state index in [4.69, 9.17) is 11.6 Å². The van der Waals surface area contributed by atoms with E-state index < -0.39 is 6.04 Å². The van der Waals surface area contributed by atoms with Crippen LogP contribution < -0.4 is 10.6 Å². The van der Waals surface area contributed by atoms with E-state index in [-0.39, 0.29) is 11.9 Å². The number of nitrogens with one attached hydrogen (secondary N) is 2. The first-order chi connectivity index (χ1) is 10.5. The molecule has 3 amide bonds. The molecule has 0 aromatic heterocycles. The molecule has 0 aliphatic carbocycles. The summed E-state index contributed by atoms with van der Waals surface area (Å²) in [5.41, 5.74) is 2.18.